The second kappa shape index (κ2) is 6.21. The zero-order chi connectivity index (χ0) is 13.8. The normalized spacial score (nSPS) is 18.0. The third-order valence-electron chi connectivity index (χ3n) is 3.39. The topological polar surface area (TPSA) is 71.5 Å². The van der Waals surface area contributed by atoms with E-state index in [1.54, 1.807) is 0 Å². The summed E-state index contributed by atoms with van der Waals surface area (Å²) in [5.41, 5.74) is 0.140. The number of anilines is 1. The molecular weight excluding hydrogens is 268 g/mol. The summed E-state index contributed by atoms with van der Waals surface area (Å²) in [5.74, 6) is -0.00206. The number of halogens is 1. The van der Waals surface area contributed by atoms with E-state index >= 15 is 0 Å². The van der Waals surface area contributed by atoms with Gasteiger partial charge < -0.3 is 15.2 Å². The summed E-state index contributed by atoms with van der Waals surface area (Å²) < 4.78 is 5.33. The lowest BCUT2D eigenvalue weighted by Gasteiger charge is -2.28. The van der Waals surface area contributed by atoms with Crippen LogP contribution in [0.1, 0.15) is 30.1 Å². The molecule has 0 saturated carbocycles. The van der Waals surface area contributed by atoms with Gasteiger partial charge in [0.2, 0.25) is 0 Å². The fourth-order valence-electron chi connectivity index (χ4n) is 2.26. The molecule has 0 aromatic carbocycles. The first kappa shape index (κ1) is 14.1. The Morgan fingerprint density at radius 3 is 2.84 bits per heavy atom. The molecule has 1 saturated heterocycles. The predicted octanol–water partition coefficient (Wildman–Crippen LogP) is 2.66. The first-order valence-electron chi connectivity index (χ1n) is 6.31. The number of carboxylic acids is 1. The van der Waals surface area contributed by atoms with Gasteiger partial charge in [0.15, 0.2) is 0 Å². The van der Waals surface area contributed by atoms with Gasteiger partial charge in [0.25, 0.3) is 0 Å². The lowest BCUT2D eigenvalue weighted by atomic mass is 9.93. The number of ether oxygens (including phenoxy) is 1. The number of carboxylic acid groups (broad SMARTS) is 1. The van der Waals surface area contributed by atoms with E-state index in [0.717, 1.165) is 26.1 Å². The van der Waals surface area contributed by atoms with Gasteiger partial charge in [0.1, 0.15) is 11.0 Å². The quantitative estimate of drug-likeness (QED) is 0.832. The second-order valence-electron chi connectivity index (χ2n) is 4.75. The summed E-state index contributed by atoms with van der Waals surface area (Å²) in [4.78, 5) is 15.1. The molecule has 1 aliphatic rings. The van der Waals surface area contributed by atoms with Crippen molar-refractivity contribution in [3.8, 4) is 0 Å². The van der Waals surface area contributed by atoms with Crippen LogP contribution >= 0.6 is 11.6 Å². The molecule has 0 radical (unpaired) electrons. The summed E-state index contributed by atoms with van der Waals surface area (Å²) in [6.45, 7) is 3.62. The number of nitrogens with zero attached hydrogens (tertiary/aromatic N) is 1. The van der Waals surface area contributed by atoms with Crippen LogP contribution in [0.15, 0.2) is 12.1 Å². The van der Waals surface area contributed by atoms with Gasteiger partial charge in [-0.05, 0) is 37.8 Å². The van der Waals surface area contributed by atoms with Crippen LogP contribution in [0.4, 0.5) is 5.82 Å². The number of carbonyl (C=O) groups is 1. The predicted molar refractivity (Wildman–Crippen MR) is 72.8 cm³/mol. The molecule has 2 N–H and O–H groups in total. The number of hydrogen-bond acceptors (Lipinski definition) is 4. The minimum absolute atomic E-state index is 0.140. The van der Waals surface area contributed by atoms with E-state index in [1.165, 1.54) is 12.1 Å². The highest BCUT2D eigenvalue weighted by atomic mass is 35.5. The first-order chi connectivity index (χ1) is 9.06. The van der Waals surface area contributed by atoms with E-state index in [9.17, 15) is 4.79 Å². The Balaban J connectivity index is 2.07. The number of nitrogens with one attached hydrogen (secondary N) is 1. The highest BCUT2D eigenvalue weighted by Gasteiger charge is 2.21. The number of hydrogen-bond donors (Lipinski definition) is 2. The molecule has 0 bridgehead atoms. The molecule has 1 fully saturated rings. The molecule has 1 aromatic rings. The van der Waals surface area contributed by atoms with Gasteiger partial charge in [-0.1, -0.05) is 11.6 Å². The van der Waals surface area contributed by atoms with E-state index in [2.05, 4.69) is 17.2 Å². The summed E-state index contributed by atoms with van der Waals surface area (Å²) in [6, 6.07) is 3.05. The Hall–Kier alpha value is -1.33. The van der Waals surface area contributed by atoms with E-state index in [4.69, 9.17) is 21.4 Å². The fraction of sp³-hybridized carbons (Fsp3) is 0.538. The molecule has 1 aliphatic heterocycles. The molecule has 0 spiro atoms. The Morgan fingerprint density at radius 1 is 1.53 bits per heavy atom. The molecule has 0 amide bonds. The summed E-state index contributed by atoms with van der Waals surface area (Å²) in [7, 11) is 0. The lowest BCUT2D eigenvalue weighted by molar-refractivity contribution is 0.0622. The molecule has 1 aromatic heterocycles. The number of aromatic carboxylic acids is 1. The van der Waals surface area contributed by atoms with Crippen molar-refractivity contribution in [2.45, 2.75) is 25.8 Å². The molecule has 5 nitrogen and oxygen atoms in total. The van der Waals surface area contributed by atoms with Crippen molar-refractivity contribution < 1.29 is 14.6 Å². The van der Waals surface area contributed by atoms with Crippen LogP contribution in [-0.4, -0.2) is 35.3 Å². The monoisotopic (exact) mass is 284 g/mol. The molecule has 0 aliphatic carbocycles. The van der Waals surface area contributed by atoms with Crippen LogP contribution in [0.3, 0.4) is 0 Å². The van der Waals surface area contributed by atoms with Gasteiger partial charge in [-0.2, -0.15) is 0 Å². The third kappa shape index (κ3) is 3.81. The van der Waals surface area contributed by atoms with Crippen molar-refractivity contribution in [3.63, 3.8) is 0 Å². The van der Waals surface area contributed by atoms with E-state index < -0.39 is 5.97 Å². The van der Waals surface area contributed by atoms with Crippen LogP contribution in [0.5, 0.6) is 0 Å². The van der Waals surface area contributed by atoms with Gasteiger partial charge in [-0.15, -0.1) is 0 Å². The van der Waals surface area contributed by atoms with Gasteiger partial charge in [0.05, 0.1) is 5.56 Å². The number of pyridine rings is 1. The SMILES string of the molecule is CC(Nc1cc(C(=O)O)cc(Cl)n1)C1CCOCC1. The Bertz CT molecular complexity index is 461. The highest BCUT2D eigenvalue weighted by Crippen LogP contribution is 2.22. The van der Waals surface area contributed by atoms with E-state index in [0.29, 0.717) is 11.7 Å². The zero-order valence-corrected chi connectivity index (χ0v) is 11.5. The van der Waals surface area contributed by atoms with Crippen molar-refractivity contribution >= 4 is 23.4 Å². The second-order valence-corrected chi connectivity index (χ2v) is 5.14. The molecule has 19 heavy (non-hydrogen) atoms. The minimum atomic E-state index is -1.01. The largest absolute Gasteiger partial charge is 0.478 e. The first-order valence-corrected chi connectivity index (χ1v) is 6.69. The maximum atomic E-state index is 11.0. The number of rotatable bonds is 4. The molecule has 2 rings (SSSR count). The smallest absolute Gasteiger partial charge is 0.335 e. The van der Waals surface area contributed by atoms with Crippen LogP contribution in [0.25, 0.3) is 0 Å². The summed E-state index contributed by atoms with van der Waals surface area (Å²) >= 11 is 5.83. The van der Waals surface area contributed by atoms with Crippen LogP contribution in [-0.2, 0) is 4.74 Å². The van der Waals surface area contributed by atoms with Crippen molar-refractivity contribution in [1.82, 2.24) is 4.98 Å². The molecule has 6 heteroatoms. The fourth-order valence-corrected chi connectivity index (χ4v) is 2.47. The zero-order valence-electron chi connectivity index (χ0n) is 10.7. The Morgan fingerprint density at radius 2 is 2.21 bits per heavy atom. The molecule has 1 unspecified atom stereocenters. The minimum Gasteiger partial charge on any atom is -0.478 e. The van der Waals surface area contributed by atoms with Crippen molar-refractivity contribution in [2.24, 2.45) is 5.92 Å². The van der Waals surface area contributed by atoms with Gasteiger partial charge in [-0.3, -0.25) is 0 Å². The summed E-state index contributed by atoms with van der Waals surface area (Å²) in [5, 5.41) is 12.4. The molecule has 2 heterocycles. The summed E-state index contributed by atoms with van der Waals surface area (Å²) in [6.07, 6.45) is 2.00. The average Bonchev–Trinajstić information content (AvgIpc) is 2.39. The standard InChI is InChI=1S/C13H17ClN2O3/c1-8(9-2-4-19-5-3-9)15-12-7-10(13(17)18)6-11(14)16-12/h6-9H,2-5H2,1H3,(H,15,16)(H,17,18). The Kier molecular flexibility index (Phi) is 4.61. The van der Waals surface area contributed by atoms with E-state index in [-0.39, 0.29) is 16.8 Å². The maximum absolute atomic E-state index is 11.0. The van der Waals surface area contributed by atoms with Crippen LogP contribution in [0, 0.1) is 5.92 Å². The third-order valence-corrected chi connectivity index (χ3v) is 3.58. The van der Waals surface area contributed by atoms with Crippen molar-refractivity contribution in [3.05, 3.63) is 22.8 Å². The van der Waals surface area contributed by atoms with Gasteiger partial charge in [-0.25, -0.2) is 9.78 Å². The van der Waals surface area contributed by atoms with Crippen LogP contribution < -0.4 is 5.32 Å². The molecular formula is C13H17ClN2O3. The maximum Gasteiger partial charge on any atom is 0.335 e. The van der Waals surface area contributed by atoms with Crippen LogP contribution in [0.2, 0.25) is 5.15 Å². The number of aromatic nitrogens is 1. The molecule has 1 atom stereocenters. The molecule has 104 valence electrons. The highest BCUT2D eigenvalue weighted by molar-refractivity contribution is 6.29. The Labute approximate surface area is 116 Å². The van der Waals surface area contributed by atoms with E-state index in [1.807, 2.05) is 0 Å². The lowest BCUT2D eigenvalue weighted by Crippen LogP contribution is -2.31. The van der Waals surface area contributed by atoms with Crippen molar-refractivity contribution in [1.29, 1.82) is 0 Å². The van der Waals surface area contributed by atoms with Gasteiger partial charge >= 0.3 is 5.97 Å². The average molecular weight is 285 g/mol. The van der Waals surface area contributed by atoms with Gasteiger partial charge in [0, 0.05) is 19.3 Å². The van der Waals surface area contributed by atoms with Crippen molar-refractivity contribution in [2.75, 3.05) is 18.5 Å².